The van der Waals surface area contributed by atoms with Crippen LogP contribution in [-0.2, 0) is 4.79 Å². The van der Waals surface area contributed by atoms with Crippen molar-refractivity contribution >= 4 is 5.91 Å². The van der Waals surface area contributed by atoms with E-state index < -0.39 is 0 Å². The van der Waals surface area contributed by atoms with E-state index in [4.69, 9.17) is 5.11 Å². The van der Waals surface area contributed by atoms with Gasteiger partial charge in [-0.05, 0) is 29.4 Å². The summed E-state index contributed by atoms with van der Waals surface area (Å²) in [6.07, 6.45) is 0.895. The highest BCUT2D eigenvalue weighted by molar-refractivity contribution is 5.76. The van der Waals surface area contributed by atoms with Crippen LogP contribution < -0.4 is 5.32 Å². The molecule has 0 aliphatic rings. The topological polar surface area (TPSA) is 49.3 Å². The molecule has 0 aliphatic carbocycles. The van der Waals surface area contributed by atoms with E-state index in [9.17, 15) is 9.18 Å². The van der Waals surface area contributed by atoms with Crippen LogP contribution in [0.2, 0.25) is 0 Å². The molecule has 1 aromatic carbocycles. The van der Waals surface area contributed by atoms with Crippen molar-refractivity contribution in [2.24, 2.45) is 5.41 Å². The third-order valence-electron chi connectivity index (χ3n) is 3.48. The number of hydrogen-bond donors (Lipinski definition) is 2. The lowest BCUT2D eigenvalue weighted by Crippen LogP contribution is -2.35. The molecule has 1 amide bonds. The Labute approximate surface area is 120 Å². The van der Waals surface area contributed by atoms with Crippen molar-refractivity contribution in [1.29, 1.82) is 0 Å². The van der Waals surface area contributed by atoms with Gasteiger partial charge in [-0.25, -0.2) is 4.39 Å². The number of hydrogen-bond acceptors (Lipinski definition) is 2. The molecule has 0 radical (unpaired) electrons. The summed E-state index contributed by atoms with van der Waals surface area (Å²) < 4.78 is 13.6. The highest BCUT2D eigenvalue weighted by atomic mass is 19.1. The van der Waals surface area contributed by atoms with Gasteiger partial charge < -0.3 is 10.4 Å². The molecule has 0 heterocycles. The summed E-state index contributed by atoms with van der Waals surface area (Å²) in [5.74, 6) is -0.516. The number of amides is 1. The maximum atomic E-state index is 13.6. The number of halogens is 1. The molecule has 0 aromatic heterocycles. The molecule has 1 atom stereocenters. The minimum absolute atomic E-state index is 0.0910. The molecule has 4 heteroatoms. The maximum Gasteiger partial charge on any atom is 0.220 e. The molecule has 1 aromatic rings. The first-order valence-electron chi connectivity index (χ1n) is 6.98. The summed E-state index contributed by atoms with van der Waals surface area (Å²) in [6.45, 7) is 6.44. The summed E-state index contributed by atoms with van der Waals surface area (Å²) in [5.41, 5.74) is 0.434. The number of aliphatic hydroxyl groups is 1. The number of aliphatic hydroxyl groups excluding tert-OH is 1. The van der Waals surface area contributed by atoms with Crippen LogP contribution in [0.3, 0.4) is 0 Å². The molecule has 0 aliphatic heterocycles. The van der Waals surface area contributed by atoms with Gasteiger partial charge >= 0.3 is 0 Å². The summed E-state index contributed by atoms with van der Waals surface area (Å²) in [4.78, 5) is 11.9. The van der Waals surface area contributed by atoms with Crippen LogP contribution in [0, 0.1) is 11.2 Å². The van der Waals surface area contributed by atoms with E-state index in [2.05, 4.69) is 5.32 Å². The third kappa shape index (κ3) is 5.29. The van der Waals surface area contributed by atoms with Gasteiger partial charge in [0.05, 0.1) is 0 Å². The van der Waals surface area contributed by atoms with Crippen molar-refractivity contribution in [3.05, 3.63) is 35.6 Å². The molecule has 20 heavy (non-hydrogen) atoms. The van der Waals surface area contributed by atoms with E-state index in [1.807, 2.05) is 20.8 Å². The van der Waals surface area contributed by atoms with Crippen LogP contribution >= 0.6 is 0 Å². The molecule has 3 nitrogen and oxygen atoms in total. The van der Waals surface area contributed by atoms with Gasteiger partial charge in [-0.3, -0.25) is 4.79 Å². The SMILES string of the molecule is CC(CC(=O)NCC(C)(C)CCO)c1ccccc1F. The Balaban J connectivity index is 2.49. The smallest absolute Gasteiger partial charge is 0.220 e. The van der Waals surface area contributed by atoms with Crippen LogP contribution in [0.4, 0.5) is 4.39 Å². The predicted octanol–water partition coefficient (Wildman–Crippen LogP) is 2.84. The van der Waals surface area contributed by atoms with Gasteiger partial charge in [0.2, 0.25) is 5.91 Å². The second kappa shape index (κ2) is 7.39. The standard InChI is InChI=1S/C16H24FNO2/c1-12(13-6-4-5-7-14(13)17)10-15(20)18-11-16(2,3)8-9-19/h4-7,12,19H,8-11H2,1-3H3,(H,18,20). The molecule has 1 unspecified atom stereocenters. The summed E-state index contributed by atoms with van der Waals surface area (Å²) in [6, 6.07) is 6.54. The Bertz CT molecular complexity index is 446. The molecule has 0 fully saturated rings. The number of benzene rings is 1. The van der Waals surface area contributed by atoms with E-state index in [0.717, 1.165) is 0 Å². The molecule has 2 N–H and O–H groups in total. The van der Waals surface area contributed by atoms with E-state index in [1.165, 1.54) is 6.07 Å². The fourth-order valence-electron chi connectivity index (χ4n) is 2.06. The van der Waals surface area contributed by atoms with E-state index in [-0.39, 0.29) is 36.1 Å². The maximum absolute atomic E-state index is 13.6. The number of nitrogens with one attached hydrogen (secondary N) is 1. The van der Waals surface area contributed by atoms with Crippen LogP contribution in [-0.4, -0.2) is 24.2 Å². The van der Waals surface area contributed by atoms with Gasteiger partial charge in [0.1, 0.15) is 5.82 Å². The Morgan fingerprint density at radius 3 is 2.65 bits per heavy atom. The van der Waals surface area contributed by atoms with Crippen molar-refractivity contribution < 1.29 is 14.3 Å². The Kier molecular flexibility index (Phi) is 6.14. The van der Waals surface area contributed by atoms with Gasteiger partial charge in [0, 0.05) is 19.6 Å². The van der Waals surface area contributed by atoms with Crippen LogP contribution in [0.1, 0.15) is 45.1 Å². The Hall–Kier alpha value is -1.42. The van der Waals surface area contributed by atoms with Crippen molar-refractivity contribution in [1.82, 2.24) is 5.32 Å². The lowest BCUT2D eigenvalue weighted by molar-refractivity contribution is -0.121. The van der Waals surface area contributed by atoms with Crippen molar-refractivity contribution in [2.75, 3.05) is 13.2 Å². The van der Waals surface area contributed by atoms with Crippen LogP contribution in [0.15, 0.2) is 24.3 Å². The molecule has 0 saturated heterocycles. The van der Waals surface area contributed by atoms with Crippen molar-refractivity contribution in [2.45, 2.75) is 39.5 Å². The van der Waals surface area contributed by atoms with E-state index >= 15 is 0 Å². The number of rotatable bonds is 7. The van der Waals surface area contributed by atoms with Crippen LogP contribution in [0.5, 0.6) is 0 Å². The van der Waals surface area contributed by atoms with Gasteiger partial charge in [0.25, 0.3) is 0 Å². The molecular weight excluding hydrogens is 257 g/mol. The summed E-state index contributed by atoms with van der Waals surface area (Å²) >= 11 is 0. The fourth-order valence-corrected chi connectivity index (χ4v) is 2.06. The summed E-state index contributed by atoms with van der Waals surface area (Å²) in [5, 5.41) is 11.8. The van der Waals surface area contributed by atoms with Gasteiger partial charge in [-0.1, -0.05) is 39.0 Å². The Morgan fingerprint density at radius 1 is 1.40 bits per heavy atom. The van der Waals surface area contributed by atoms with Crippen molar-refractivity contribution in [3.8, 4) is 0 Å². The second-order valence-corrected chi connectivity index (χ2v) is 6.04. The normalized spacial score (nSPS) is 13.1. The van der Waals surface area contributed by atoms with E-state index in [1.54, 1.807) is 18.2 Å². The first-order chi connectivity index (χ1) is 9.35. The zero-order valence-electron chi connectivity index (χ0n) is 12.4. The molecule has 0 saturated carbocycles. The average molecular weight is 281 g/mol. The fraction of sp³-hybridized carbons (Fsp3) is 0.562. The van der Waals surface area contributed by atoms with Gasteiger partial charge in [-0.15, -0.1) is 0 Å². The highest BCUT2D eigenvalue weighted by Gasteiger charge is 2.19. The quantitative estimate of drug-likeness (QED) is 0.807. The first-order valence-corrected chi connectivity index (χ1v) is 6.98. The lowest BCUT2D eigenvalue weighted by Gasteiger charge is -2.24. The predicted molar refractivity (Wildman–Crippen MR) is 77.9 cm³/mol. The third-order valence-corrected chi connectivity index (χ3v) is 3.48. The number of carbonyl (C=O) groups excluding carboxylic acids is 1. The second-order valence-electron chi connectivity index (χ2n) is 6.04. The monoisotopic (exact) mass is 281 g/mol. The van der Waals surface area contributed by atoms with E-state index in [0.29, 0.717) is 18.5 Å². The zero-order chi connectivity index (χ0) is 15.2. The average Bonchev–Trinajstić information content (AvgIpc) is 2.37. The van der Waals surface area contributed by atoms with Gasteiger partial charge in [-0.2, -0.15) is 0 Å². The molecule has 112 valence electrons. The first kappa shape index (κ1) is 16.6. The van der Waals surface area contributed by atoms with Crippen LogP contribution in [0.25, 0.3) is 0 Å². The lowest BCUT2D eigenvalue weighted by atomic mass is 9.89. The van der Waals surface area contributed by atoms with Gasteiger partial charge in [0.15, 0.2) is 0 Å². The molecule has 0 spiro atoms. The molecular formula is C16H24FNO2. The molecule has 0 bridgehead atoms. The minimum Gasteiger partial charge on any atom is -0.396 e. The Morgan fingerprint density at radius 2 is 2.05 bits per heavy atom. The van der Waals surface area contributed by atoms with Crippen molar-refractivity contribution in [3.63, 3.8) is 0 Å². The zero-order valence-corrected chi connectivity index (χ0v) is 12.4. The minimum atomic E-state index is -0.270. The summed E-state index contributed by atoms with van der Waals surface area (Å²) in [7, 11) is 0. The highest BCUT2D eigenvalue weighted by Crippen LogP contribution is 2.22. The number of carbonyl (C=O) groups is 1. The largest absolute Gasteiger partial charge is 0.396 e. The molecule has 1 rings (SSSR count).